The van der Waals surface area contributed by atoms with E-state index in [0.717, 1.165) is 84.6 Å². The second kappa shape index (κ2) is 11.1. The normalized spacial score (nSPS) is 15.3. The van der Waals surface area contributed by atoms with Crippen LogP contribution in [0.1, 0.15) is 16.7 Å². The molecule has 0 aliphatic carbocycles. The van der Waals surface area contributed by atoms with Crippen molar-refractivity contribution in [3.8, 4) is 22.6 Å². The van der Waals surface area contributed by atoms with E-state index in [9.17, 15) is 0 Å². The molecule has 0 bridgehead atoms. The third-order valence-electron chi connectivity index (χ3n) is 7.28. The number of aromatic nitrogens is 5. The standard InChI is InChI=1S/C29H27N8O.Y/c1-19-23(7-4-8-24(19)35-37-16-21-5-2-3-6-22(21)17-37)26-27-29(32-18-31-26)34-28(33-27)20-9-10-25(30-15-20)36-11-13-38-14-12-36;/h2-10,15,18H,11-14,16-17H2,1H3,(H,31,32,33,34);/q-1;. The average Bonchev–Trinajstić information content (AvgIpc) is 3.59. The van der Waals surface area contributed by atoms with Crippen LogP contribution in [0.4, 0.5) is 11.5 Å². The number of hydrogen-bond acceptors (Lipinski definition) is 7. The van der Waals surface area contributed by atoms with Crippen LogP contribution in [0.25, 0.3) is 39.2 Å². The first-order valence-corrected chi connectivity index (χ1v) is 12.9. The van der Waals surface area contributed by atoms with Gasteiger partial charge in [0.05, 0.1) is 18.9 Å². The number of aromatic amines is 1. The molecule has 3 aromatic heterocycles. The molecule has 1 radical (unpaired) electrons. The molecule has 5 heterocycles. The summed E-state index contributed by atoms with van der Waals surface area (Å²) in [6.45, 7) is 6.90. The molecule has 9 nitrogen and oxygen atoms in total. The molecule has 0 unspecified atom stereocenters. The maximum absolute atomic E-state index is 5.45. The monoisotopic (exact) mass is 592 g/mol. The van der Waals surface area contributed by atoms with Crippen molar-refractivity contribution in [1.82, 2.24) is 29.9 Å². The van der Waals surface area contributed by atoms with Gasteiger partial charge in [-0.3, -0.25) is 0 Å². The third kappa shape index (κ3) is 5.07. The number of fused-ring (bicyclic) bond motifs is 2. The van der Waals surface area contributed by atoms with Gasteiger partial charge in [-0.25, -0.2) is 19.9 Å². The summed E-state index contributed by atoms with van der Waals surface area (Å²) in [6, 6.07) is 18.8. The predicted octanol–water partition coefficient (Wildman–Crippen LogP) is 5.16. The van der Waals surface area contributed by atoms with E-state index in [-0.39, 0.29) is 32.7 Å². The first-order chi connectivity index (χ1) is 18.7. The number of nitrogens with one attached hydrogen (secondary N) is 1. The van der Waals surface area contributed by atoms with Gasteiger partial charge in [0.2, 0.25) is 0 Å². The van der Waals surface area contributed by atoms with Crippen LogP contribution >= 0.6 is 0 Å². The topological polar surface area (TPSA) is 97.2 Å². The van der Waals surface area contributed by atoms with Crippen LogP contribution in [0.15, 0.2) is 67.1 Å². The summed E-state index contributed by atoms with van der Waals surface area (Å²) in [6.07, 6.45) is 3.43. The van der Waals surface area contributed by atoms with Gasteiger partial charge in [0.15, 0.2) is 5.65 Å². The third-order valence-corrected chi connectivity index (χ3v) is 7.28. The Bertz CT molecular complexity index is 1590. The summed E-state index contributed by atoms with van der Waals surface area (Å²) in [4.78, 5) is 24.2. The number of H-pyrrole nitrogens is 1. The number of benzene rings is 2. The van der Waals surface area contributed by atoms with Crippen molar-refractivity contribution < 1.29 is 37.4 Å². The summed E-state index contributed by atoms with van der Waals surface area (Å²) < 4.78 is 5.45. The molecule has 2 aromatic carbocycles. The van der Waals surface area contributed by atoms with Crippen molar-refractivity contribution in [3.63, 3.8) is 0 Å². The number of rotatable bonds is 5. The zero-order chi connectivity index (χ0) is 25.5. The van der Waals surface area contributed by atoms with Gasteiger partial charge in [0.25, 0.3) is 0 Å². The van der Waals surface area contributed by atoms with E-state index in [2.05, 4.69) is 73.2 Å². The van der Waals surface area contributed by atoms with Crippen LogP contribution in [0.3, 0.4) is 0 Å². The van der Waals surface area contributed by atoms with Crippen LogP contribution in [-0.2, 0) is 50.5 Å². The summed E-state index contributed by atoms with van der Waals surface area (Å²) in [5.41, 5.74) is 13.8. The Labute approximate surface area is 251 Å². The molecule has 10 heteroatoms. The minimum absolute atomic E-state index is 0. The molecule has 5 aromatic rings. The molecule has 0 atom stereocenters. The van der Waals surface area contributed by atoms with Gasteiger partial charge in [0.1, 0.15) is 23.5 Å². The Morgan fingerprint density at radius 1 is 0.897 bits per heavy atom. The molecule has 0 saturated carbocycles. The van der Waals surface area contributed by atoms with E-state index >= 15 is 0 Å². The maximum Gasteiger partial charge on any atom is 0.181 e. The number of nitrogens with zero attached hydrogens (tertiary/aromatic N) is 7. The van der Waals surface area contributed by atoms with Gasteiger partial charge in [-0.05, 0) is 30.2 Å². The van der Waals surface area contributed by atoms with Gasteiger partial charge in [-0.15, -0.1) is 5.69 Å². The fourth-order valence-electron chi connectivity index (χ4n) is 5.20. The molecule has 193 valence electrons. The molecule has 0 spiro atoms. The Hall–Kier alpha value is -3.24. The van der Waals surface area contributed by atoms with Crippen molar-refractivity contribution >= 4 is 22.7 Å². The number of imidazole rings is 1. The summed E-state index contributed by atoms with van der Waals surface area (Å²) in [7, 11) is 0. The van der Waals surface area contributed by atoms with E-state index in [1.807, 2.05) is 24.4 Å². The van der Waals surface area contributed by atoms with Crippen LogP contribution in [0, 0.1) is 6.92 Å². The molecule has 39 heavy (non-hydrogen) atoms. The molecular formula is C29H27N8OY-. The van der Waals surface area contributed by atoms with E-state index in [1.54, 1.807) is 6.33 Å². The van der Waals surface area contributed by atoms with Crippen molar-refractivity contribution in [2.45, 2.75) is 20.0 Å². The average molecular weight is 592 g/mol. The fraction of sp³-hybridized carbons (Fsp3) is 0.241. The Morgan fingerprint density at radius 3 is 2.44 bits per heavy atom. The Morgan fingerprint density at radius 2 is 1.69 bits per heavy atom. The van der Waals surface area contributed by atoms with Crippen LogP contribution in [0.5, 0.6) is 0 Å². The fourth-order valence-corrected chi connectivity index (χ4v) is 5.20. The number of hydrogen-bond donors (Lipinski definition) is 1. The van der Waals surface area contributed by atoms with Gasteiger partial charge >= 0.3 is 0 Å². The molecule has 1 saturated heterocycles. The minimum atomic E-state index is 0. The van der Waals surface area contributed by atoms with Crippen molar-refractivity contribution in [3.05, 3.63) is 89.2 Å². The first kappa shape index (κ1) is 26.0. The molecular weight excluding hydrogens is 565 g/mol. The second-order valence-corrected chi connectivity index (χ2v) is 9.65. The molecule has 0 amide bonds. The summed E-state index contributed by atoms with van der Waals surface area (Å²) in [5, 5.41) is 2.12. The molecule has 7 rings (SSSR count). The van der Waals surface area contributed by atoms with E-state index < -0.39 is 0 Å². The van der Waals surface area contributed by atoms with Gasteiger partial charge in [0, 0.05) is 76.2 Å². The second-order valence-electron chi connectivity index (χ2n) is 9.65. The minimum Gasteiger partial charge on any atom is -0.619 e. The number of ether oxygens (including phenoxy) is 1. The molecule has 2 aliphatic heterocycles. The van der Waals surface area contributed by atoms with E-state index in [4.69, 9.17) is 15.1 Å². The summed E-state index contributed by atoms with van der Waals surface area (Å²) >= 11 is 0. The van der Waals surface area contributed by atoms with Gasteiger partial charge in [-0.1, -0.05) is 48.0 Å². The van der Waals surface area contributed by atoms with E-state index in [1.165, 1.54) is 11.1 Å². The van der Waals surface area contributed by atoms with Gasteiger partial charge < -0.3 is 25.1 Å². The largest absolute Gasteiger partial charge is 0.619 e. The molecule has 1 N–H and O–H groups in total. The van der Waals surface area contributed by atoms with Crippen LogP contribution in [-0.4, -0.2) is 56.2 Å². The van der Waals surface area contributed by atoms with Crippen molar-refractivity contribution in [2.24, 2.45) is 0 Å². The van der Waals surface area contributed by atoms with Crippen molar-refractivity contribution in [2.75, 3.05) is 31.2 Å². The predicted molar refractivity (Wildman–Crippen MR) is 147 cm³/mol. The maximum atomic E-state index is 5.45. The van der Waals surface area contributed by atoms with Crippen molar-refractivity contribution in [1.29, 1.82) is 0 Å². The Kier molecular flexibility index (Phi) is 7.40. The zero-order valence-electron chi connectivity index (χ0n) is 21.7. The Balaban J connectivity index is 0.00000277. The number of pyridine rings is 1. The smallest absolute Gasteiger partial charge is 0.181 e. The number of anilines is 1. The molecule has 2 aliphatic rings. The summed E-state index contributed by atoms with van der Waals surface area (Å²) in [5.74, 6) is 1.67. The SMILES string of the molecule is Cc1c([N-]N2Cc3ccccc3C2)cccc1-c1ncnc2nc(-c3ccc(N4CCOCC4)nc3)[nH]c12.[Y]. The first-order valence-electron chi connectivity index (χ1n) is 12.9. The van der Waals surface area contributed by atoms with E-state index in [0.29, 0.717) is 5.65 Å². The quantitative estimate of drug-likeness (QED) is 0.301. The van der Waals surface area contributed by atoms with Gasteiger partial charge in [-0.2, -0.15) is 0 Å². The zero-order valence-corrected chi connectivity index (χ0v) is 24.5. The van der Waals surface area contributed by atoms with Crippen LogP contribution in [0.2, 0.25) is 0 Å². The van der Waals surface area contributed by atoms with Crippen LogP contribution < -0.4 is 4.90 Å². The molecule has 1 fully saturated rings. The number of morpholine rings is 1.